The van der Waals surface area contributed by atoms with E-state index >= 15 is 0 Å². The van der Waals surface area contributed by atoms with E-state index in [-0.39, 0.29) is 17.4 Å². The molecule has 0 saturated carbocycles. The van der Waals surface area contributed by atoms with Crippen LogP contribution in [0.2, 0.25) is 0 Å². The Morgan fingerprint density at radius 3 is 2.56 bits per heavy atom. The van der Waals surface area contributed by atoms with Gasteiger partial charge in [-0.1, -0.05) is 15.9 Å². The molecule has 0 aromatic heterocycles. The van der Waals surface area contributed by atoms with Crippen LogP contribution in [0.5, 0.6) is 0 Å². The summed E-state index contributed by atoms with van der Waals surface area (Å²) < 4.78 is 12.6. The van der Waals surface area contributed by atoms with Crippen LogP contribution in [0.3, 0.4) is 0 Å². The third-order valence-electron chi connectivity index (χ3n) is 1.99. The molecule has 0 unspecified atom stereocenters. The molecule has 0 amide bonds. The fraction of sp³-hybridized carbons (Fsp3) is 0.250. The molecule has 16 heavy (non-hydrogen) atoms. The van der Waals surface area contributed by atoms with E-state index in [0.717, 1.165) is 11.8 Å². The topological polar surface area (TPSA) is 37.3 Å². The van der Waals surface area contributed by atoms with Crippen LogP contribution >= 0.6 is 15.9 Å². The molecule has 1 rings (SSSR count). The van der Waals surface area contributed by atoms with Gasteiger partial charge in [-0.05, 0) is 30.7 Å². The molecule has 0 bridgehead atoms. The van der Waals surface area contributed by atoms with Crippen molar-refractivity contribution in [1.29, 1.82) is 0 Å². The Morgan fingerprint density at radius 1 is 1.38 bits per heavy atom. The first kappa shape index (κ1) is 12.9. The van der Waals surface area contributed by atoms with Crippen LogP contribution in [0.15, 0.2) is 30.3 Å². The number of benzene rings is 1. The minimum Gasteiger partial charge on any atom is -0.507 e. The second kappa shape index (κ2) is 6.43. The Labute approximate surface area is 102 Å². The van der Waals surface area contributed by atoms with Gasteiger partial charge in [-0.3, -0.25) is 4.79 Å². The second-order valence-electron chi connectivity index (χ2n) is 3.30. The number of halogens is 2. The lowest BCUT2D eigenvalue weighted by atomic mass is 10.1. The molecular formula is C12H12BrFO2. The van der Waals surface area contributed by atoms with Crippen molar-refractivity contribution >= 4 is 27.5 Å². The zero-order valence-corrected chi connectivity index (χ0v) is 10.2. The first-order valence-corrected chi connectivity index (χ1v) is 6.01. The Kier molecular flexibility index (Phi) is 5.19. The SMILES string of the molecule is O=C(/C=C(\O)c1ccc(F)cc1)CCCBr. The van der Waals surface area contributed by atoms with Gasteiger partial charge in [0.15, 0.2) is 5.78 Å². The molecule has 0 fully saturated rings. The molecule has 0 aliphatic carbocycles. The maximum atomic E-state index is 12.6. The lowest BCUT2D eigenvalue weighted by molar-refractivity contribution is -0.114. The highest BCUT2D eigenvalue weighted by atomic mass is 79.9. The van der Waals surface area contributed by atoms with E-state index in [1.807, 2.05) is 0 Å². The highest BCUT2D eigenvalue weighted by molar-refractivity contribution is 9.09. The van der Waals surface area contributed by atoms with Crippen LogP contribution in [-0.4, -0.2) is 16.2 Å². The van der Waals surface area contributed by atoms with Gasteiger partial charge in [-0.2, -0.15) is 0 Å². The van der Waals surface area contributed by atoms with Crippen LogP contribution in [0.4, 0.5) is 4.39 Å². The number of carbonyl (C=O) groups excluding carboxylic acids is 1. The summed E-state index contributed by atoms with van der Waals surface area (Å²) >= 11 is 3.22. The van der Waals surface area contributed by atoms with Crippen molar-refractivity contribution in [2.75, 3.05) is 5.33 Å². The predicted octanol–water partition coefficient (Wildman–Crippen LogP) is 3.47. The van der Waals surface area contributed by atoms with Crippen LogP contribution in [-0.2, 0) is 4.79 Å². The maximum absolute atomic E-state index is 12.6. The monoisotopic (exact) mass is 286 g/mol. The number of ketones is 1. The number of aliphatic hydroxyl groups excluding tert-OH is 1. The molecule has 0 radical (unpaired) electrons. The lowest BCUT2D eigenvalue weighted by Crippen LogP contribution is -1.95. The van der Waals surface area contributed by atoms with E-state index in [2.05, 4.69) is 15.9 Å². The Hall–Kier alpha value is -1.16. The zero-order chi connectivity index (χ0) is 12.0. The maximum Gasteiger partial charge on any atom is 0.159 e. The third-order valence-corrected chi connectivity index (χ3v) is 2.56. The first-order chi connectivity index (χ1) is 7.63. The summed E-state index contributed by atoms with van der Waals surface area (Å²) in [5.74, 6) is -0.636. The van der Waals surface area contributed by atoms with E-state index in [4.69, 9.17) is 0 Å². The third kappa shape index (κ3) is 4.14. The molecule has 1 N–H and O–H groups in total. The number of rotatable bonds is 5. The van der Waals surface area contributed by atoms with Crippen molar-refractivity contribution in [2.45, 2.75) is 12.8 Å². The van der Waals surface area contributed by atoms with Crippen molar-refractivity contribution in [3.05, 3.63) is 41.7 Å². The average Bonchev–Trinajstić information content (AvgIpc) is 2.27. The van der Waals surface area contributed by atoms with Crippen molar-refractivity contribution < 1.29 is 14.3 Å². The largest absolute Gasteiger partial charge is 0.507 e. The van der Waals surface area contributed by atoms with Gasteiger partial charge in [0.1, 0.15) is 11.6 Å². The number of hydrogen-bond donors (Lipinski definition) is 1. The summed E-state index contributed by atoms with van der Waals surface area (Å²) in [7, 11) is 0. The van der Waals surface area contributed by atoms with Crippen molar-refractivity contribution in [1.82, 2.24) is 0 Å². The highest BCUT2D eigenvalue weighted by Gasteiger charge is 2.03. The van der Waals surface area contributed by atoms with Crippen molar-refractivity contribution in [2.24, 2.45) is 0 Å². The van der Waals surface area contributed by atoms with Gasteiger partial charge in [0.25, 0.3) is 0 Å². The van der Waals surface area contributed by atoms with Crippen LogP contribution in [0, 0.1) is 5.82 Å². The van der Waals surface area contributed by atoms with Gasteiger partial charge in [-0.15, -0.1) is 0 Å². The van der Waals surface area contributed by atoms with Crippen LogP contribution in [0.25, 0.3) is 5.76 Å². The van der Waals surface area contributed by atoms with Gasteiger partial charge in [0.2, 0.25) is 0 Å². The molecule has 0 saturated heterocycles. The molecule has 0 spiro atoms. The first-order valence-electron chi connectivity index (χ1n) is 4.89. The summed E-state index contributed by atoms with van der Waals surface area (Å²) in [6, 6.07) is 5.34. The van der Waals surface area contributed by atoms with Gasteiger partial charge >= 0.3 is 0 Å². The number of aliphatic hydroxyl groups is 1. The summed E-state index contributed by atoms with van der Waals surface area (Å²) in [4.78, 5) is 11.3. The fourth-order valence-corrected chi connectivity index (χ4v) is 1.45. The normalized spacial score (nSPS) is 11.5. The number of alkyl halides is 1. The van der Waals surface area contributed by atoms with Crippen LogP contribution < -0.4 is 0 Å². The summed E-state index contributed by atoms with van der Waals surface area (Å²) in [5.41, 5.74) is 0.439. The molecule has 0 atom stereocenters. The standard InChI is InChI=1S/C12H12BrFO2/c13-7-1-2-11(15)8-12(16)9-3-5-10(14)6-4-9/h3-6,8,16H,1-2,7H2/b12-8-. The van der Waals surface area contributed by atoms with E-state index in [9.17, 15) is 14.3 Å². The van der Waals surface area contributed by atoms with E-state index in [1.165, 1.54) is 30.3 Å². The fourth-order valence-electron chi connectivity index (χ4n) is 1.17. The number of carbonyl (C=O) groups is 1. The van der Waals surface area contributed by atoms with Crippen molar-refractivity contribution in [3.63, 3.8) is 0 Å². The second-order valence-corrected chi connectivity index (χ2v) is 4.09. The summed E-state index contributed by atoms with van der Waals surface area (Å²) in [6.45, 7) is 0. The summed E-state index contributed by atoms with van der Waals surface area (Å²) in [6.07, 6.45) is 2.29. The molecule has 4 heteroatoms. The Balaban J connectivity index is 2.69. The van der Waals surface area contributed by atoms with Gasteiger partial charge in [-0.25, -0.2) is 4.39 Å². The number of allylic oxidation sites excluding steroid dienone is 1. The minimum absolute atomic E-state index is 0.125. The molecule has 86 valence electrons. The van der Waals surface area contributed by atoms with Crippen molar-refractivity contribution in [3.8, 4) is 0 Å². The van der Waals surface area contributed by atoms with Gasteiger partial charge in [0.05, 0.1) is 0 Å². The van der Waals surface area contributed by atoms with E-state index < -0.39 is 0 Å². The molecule has 1 aromatic carbocycles. The molecule has 0 aliphatic heterocycles. The highest BCUT2D eigenvalue weighted by Crippen LogP contribution is 2.12. The Bertz CT molecular complexity index is 385. The minimum atomic E-state index is -0.373. The van der Waals surface area contributed by atoms with E-state index in [1.54, 1.807) is 0 Å². The summed E-state index contributed by atoms with van der Waals surface area (Å²) in [5, 5.41) is 10.3. The van der Waals surface area contributed by atoms with Crippen LogP contribution in [0.1, 0.15) is 18.4 Å². The lowest BCUT2D eigenvalue weighted by Gasteiger charge is -1.99. The Morgan fingerprint density at radius 2 is 2.00 bits per heavy atom. The molecule has 0 heterocycles. The molecule has 0 aliphatic rings. The average molecular weight is 287 g/mol. The molecule has 2 nitrogen and oxygen atoms in total. The molecular weight excluding hydrogens is 275 g/mol. The smallest absolute Gasteiger partial charge is 0.159 e. The van der Waals surface area contributed by atoms with E-state index in [0.29, 0.717) is 12.0 Å². The van der Waals surface area contributed by atoms with Gasteiger partial charge < -0.3 is 5.11 Å². The quantitative estimate of drug-likeness (QED) is 0.511. The zero-order valence-electron chi connectivity index (χ0n) is 8.62. The predicted molar refractivity (Wildman–Crippen MR) is 65.0 cm³/mol. The number of hydrogen-bond acceptors (Lipinski definition) is 2. The molecule has 1 aromatic rings. The van der Waals surface area contributed by atoms with Gasteiger partial charge in [0, 0.05) is 23.4 Å².